The van der Waals surface area contributed by atoms with E-state index in [9.17, 15) is 22.8 Å². The van der Waals surface area contributed by atoms with Gasteiger partial charge in [0.15, 0.2) is 0 Å². The molecule has 0 aromatic heterocycles. The highest BCUT2D eigenvalue weighted by Crippen LogP contribution is 2.29. The lowest BCUT2D eigenvalue weighted by Crippen LogP contribution is -2.49. The van der Waals surface area contributed by atoms with Crippen LogP contribution in [0.15, 0.2) is 48.5 Å². The Bertz CT molecular complexity index is 848. The van der Waals surface area contributed by atoms with Gasteiger partial charge in [0.1, 0.15) is 6.04 Å². The Morgan fingerprint density at radius 1 is 1.04 bits per heavy atom. The second-order valence-corrected chi connectivity index (χ2v) is 6.93. The van der Waals surface area contributed by atoms with Crippen LogP contribution in [0.25, 0.3) is 0 Å². The number of nitrogens with one attached hydrogen (secondary N) is 2. The number of rotatable bonds is 6. The van der Waals surface area contributed by atoms with Crippen molar-refractivity contribution in [2.75, 3.05) is 0 Å². The summed E-state index contributed by atoms with van der Waals surface area (Å²) in [5.41, 5.74) is 0.814. The molecule has 0 heterocycles. The van der Waals surface area contributed by atoms with Crippen molar-refractivity contribution in [3.63, 3.8) is 0 Å². The van der Waals surface area contributed by atoms with E-state index < -0.39 is 23.7 Å². The molecule has 0 unspecified atom stereocenters. The first kappa shape index (κ1) is 21.5. The summed E-state index contributed by atoms with van der Waals surface area (Å²) in [7, 11) is 0. The van der Waals surface area contributed by atoms with Gasteiger partial charge in [0, 0.05) is 12.1 Å². The Labute approximate surface area is 162 Å². The van der Waals surface area contributed by atoms with E-state index in [2.05, 4.69) is 10.6 Å². The SMILES string of the molecule is Cc1ccccc1C(=O)N[C@H](C(=O)NCc1cccc(C(F)(F)F)c1)C(C)C. The molecule has 0 bridgehead atoms. The number of halogens is 3. The van der Waals surface area contributed by atoms with Crippen LogP contribution in [0.4, 0.5) is 13.2 Å². The zero-order chi connectivity index (χ0) is 20.9. The minimum Gasteiger partial charge on any atom is -0.350 e. The third-order valence-electron chi connectivity index (χ3n) is 4.35. The van der Waals surface area contributed by atoms with E-state index in [-0.39, 0.29) is 18.4 Å². The largest absolute Gasteiger partial charge is 0.416 e. The highest BCUT2D eigenvalue weighted by molar-refractivity contribution is 5.98. The highest BCUT2D eigenvalue weighted by Gasteiger charge is 2.30. The molecule has 2 N–H and O–H groups in total. The molecular formula is C21H23F3N2O2. The zero-order valence-electron chi connectivity index (χ0n) is 15.9. The Balaban J connectivity index is 2.06. The maximum Gasteiger partial charge on any atom is 0.416 e. The normalized spacial score (nSPS) is 12.5. The van der Waals surface area contributed by atoms with E-state index in [1.165, 1.54) is 12.1 Å². The van der Waals surface area contributed by atoms with Crippen molar-refractivity contribution in [2.24, 2.45) is 5.92 Å². The number of hydrogen-bond donors (Lipinski definition) is 2. The molecule has 0 saturated heterocycles. The van der Waals surface area contributed by atoms with Crippen molar-refractivity contribution in [3.8, 4) is 0 Å². The van der Waals surface area contributed by atoms with Crippen molar-refractivity contribution >= 4 is 11.8 Å². The van der Waals surface area contributed by atoms with E-state index >= 15 is 0 Å². The Kier molecular flexibility index (Phi) is 6.83. The molecule has 0 spiro atoms. The molecule has 0 aliphatic carbocycles. The molecular weight excluding hydrogens is 369 g/mol. The second kappa shape index (κ2) is 8.91. The Morgan fingerprint density at radius 2 is 1.71 bits per heavy atom. The van der Waals surface area contributed by atoms with Crippen molar-refractivity contribution < 1.29 is 22.8 Å². The van der Waals surface area contributed by atoms with Crippen LogP contribution in [0.1, 0.15) is 40.9 Å². The van der Waals surface area contributed by atoms with Gasteiger partial charge >= 0.3 is 6.18 Å². The van der Waals surface area contributed by atoms with E-state index in [1.54, 1.807) is 39.0 Å². The first-order chi connectivity index (χ1) is 13.1. The summed E-state index contributed by atoms with van der Waals surface area (Å²) < 4.78 is 38.4. The second-order valence-electron chi connectivity index (χ2n) is 6.93. The van der Waals surface area contributed by atoms with Gasteiger partial charge in [-0.1, -0.05) is 44.2 Å². The van der Waals surface area contributed by atoms with E-state index in [4.69, 9.17) is 0 Å². The summed E-state index contributed by atoms with van der Waals surface area (Å²) in [6.45, 7) is 5.30. The molecule has 0 aliphatic rings. The standard InChI is InChI=1S/C21H23F3N2O2/c1-13(2)18(26-19(27)17-10-5-4-7-14(17)3)20(28)25-12-15-8-6-9-16(11-15)21(22,23)24/h4-11,13,18H,12H2,1-3H3,(H,25,28)(H,26,27)/t18-/m0/s1. The maximum atomic E-state index is 12.8. The Morgan fingerprint density at radius 3 is 2.32 bits per heavy atom. The van der Waals surface area contributed by atoms with Crippen LogP contribution in [0.3, 0.4) is 0 Å². The van der Waals surface area contributed by atoms with Crippen LogP contribution in [-0.2, 0) is 17.5 Å². The van der Waals surface area contributed by atoms with Gasteiger partial charge in [0.25, 0.3) is 5.91 Å². The van der Waals surface area contributed by atoms with Gasteiger partial charge in [-0.05, 0) is 42.2 Å². The van der Waals surface area contributed by atoms with Gasteiger partial charge in [-0.3, -0.25) is 9.59 Å². The molecule has 0 saturated carbocycles. The first-order valence-electron chi connectivity index (χ1n) is 8.90. The van der Waals surface area contributed by atoms with Gasteiger partial charge in [0.05, 0.1) is 5.56 Å². The van der Waals surface area contributed by atoms with Gasteiger partial charge in [-0.15, -0.1) is 0 Å². The third-order valence-corrected chi connectivity index (χ3v) is 4.35. The fourth-order valence-electron chi connectivity index (χ4n) is 2.74. The smallest absolute Gasteiger partial charge is 0.350 e. The van der Waals surface area contributed by atoms with Crippen molar-refractivity contribution in [3.05, 3.63) is 70.8 Å². The summed E-state index contributed by atoms with van der Waals surface area (Å²) in [6.07, 6.45) is -4.44. The number of alkyl halides is 3. The number of amides is 2. The number of carbonyl (C=O) groups is 2. The number of hydrogen-bond acceptors (Lipinski definition) is 2. The highest BCUT2D eigenvalue weighted by atomic mass is 19.4. The molecule has 2 aromatic rings. The fourth-order valence-corrected chi connectivity index (χ4v) is 2.74. The molecule has 7 heteroatoms. The average molecular weight is 392 g/mol. The number of carbonyl (C=O) groups excluding carboxylic acids is 2. The molecule has 150 valence electrons. The van der Waals surface area contributed by atoms with Crippen molar-refractivity contribution in [2.45, 2.75) is 39.5 Å². The topological polar surface area (TPSA) is 58.2 Å². The summed E-state index contributed by atoms with van der Waals surface area (Å²) >= 11 is 0. The zero-order valence-corrected chi connectivity index (χ0v) is 15.9. The van der Waals surface area contributed by atoms with Crippen LogP contribution in [0.5, 0.6) is 0 Å². The lowest BCUT2D eigenvalue weighted by atomic mass is 10.0. The fraction of sp³-hybridized carbons (Fsp3) is 0.333. The maximum absolute atomic E-state index is 12.8. The molecule has 28 heavy (non-hydrogen) atoms. The summed E-state index contributed by atoms with van der Waals surface area (Å²) in [5.74, 6) is -1.02. The van der Waals surface area contributed by atoms with Gasteiger partial charge < -0.3 is 10.6 Å². The van der Waals surface area contributed by atoms with Gasteiger partial charge in [-0.25, -0.2) is 0 Å². The Hall–Kier alpha value is -2.83. The van der Waals surface area contributed by atoms with Crippen LogP contribution >= 0.6 is 0 Å². The van der Waals surface area contributed by atoms with Crippen LogP contribution < -0.4 is 10.6 Å². The minimum absolute atomic E-state index is 0.0633. The average Bonchev–Trinajstić information content (AvgIpc) is 2.63. The molecule has 1 atom stereocenters. The third kappa shape index (κ3) is 5.58. The van der Waals surface area contributed by atoms with Crippen LogP contribution in [0.2, 0.25) is 0 Å². The van der Waals surface area contributed by atoms with E-state index in [1.807, 2.05) is 6.07 Å². The van der Waals surface area contributed by atoms with E-state index in [0.717, 1.165) is 17.7 Å². The molecule has 4 nitrogen and oxygen atoms in total. The lowest BCUT2D eigenvalue weighted by molar-refractivity contribution is -0.137. The first-order valence-corrected chi connectivity index (χ1v) is 8.90. The van der Waals surface area contributed by atoms with Crippen LogP contribution in [0, 0.1) is 12.8 Å². The van der Waals surface area contributed by atoms with Gasteiger partial charge in [-0.2, -0.15) is 13.2 Å². The number of aryl methyl sites for hydroxylation is 1. The molecule has 0 fully saturated rings. The van der Waals surface area contributed by atoms with E-state index in [0.29, 0.717) is 11.1 Å². The molecule has 2 amide bonds. The summed E-state index contributed by atoms with van der Waals surface area (Å²) in [4.78, 5) is 25.0. The predicted octanol–water partition coefficient (Wildman–Crippen LogP) is 4.08. The quantitative estimate of drug-likeness (QED) is 0.778. The van der Waals surface area contributed by atoms with Crippen molar-refractivity contribution in [1.29, 1.82) is 0 Å². The monoisotopic (exact) mass is 392 g/mol. The lowest BCUT2D eigenvalue weighted by Gasteiger charge is -2.22. The summed E-state index contributed by atoms with van der Waals surface area (Å²) in [5, 5.41) is 5.32. The minimum atomic E-state index is -4.44. The van der Waals surface area contributed by atoms with Gasteiger partial charge in [0.2, 0.25) is 5.91 Å². The van der Waals surface area contributed by atoms with Crippen LogP contribution in [-0.4, -0.2) is 17.9 Å². The molecule has 0 aliphatic heterocycles. The predicted molar refractivity (Wildman–Crippen MR) is 101 cm³/mol. The van der Waals surface area contributed by atoms with Crippen molar-refractivity contribution in [1.82, 2.24) is 10.6 Å². The molecule has 2 aromatic carbocycles. The molecule has 0 radical (unpaired) electrons. The summed E-state index contributed by atoms with van der Waals surface area (Å²) in [6, 6.07) is 11.0. The number of benzene rings is 2. The molecule has 2 rings (SSSR count).